The van der Waals surface area contributed by atoms with Crippen LogP contribution in [0, 0.1) is 4.84 Å². The van der Waals surface area contributed by atoms with Gasteiger partial charge in [0.2, 0.25) is 5.89 Å². The van der Waals surface area contributed by atoms with Gasteiger partial charge in [-0.15, -0.1) is 5.10 Å². The second-order valence-corrected chi connectivity index (χ2v) is 3.38. The third-order valence-corrected chi connectivity index (χ3v) is 2.27. The average molecular weight is 218 g/mol. The maximum Gasteiger partial charge on any atom is 0.284 e. The third kappa shape index (κ3) is 1.26. The number of hydrogen-bond acceptors (Lipinski definition) is 4. The van der Waals surface area contributed by atoms with Crippen molar-refractivity contribution in [1.29, 1.82) is 0 Å². The SMILES string of the molecule is S=c1[nH]nc(-c2cnn3ccccc23)o1. The van der Waals surface area contributed by atoms with Gasteiger partial charge in [-0.1, -0.05) is 6.07 Å². The van der Waals surface area contributed by atoms with Gasteiger partial charge in [-0.2, -0.15) is 5.10 Å². The molecule has 0 aliphatic heterocycles. The first kappa shape index (κ1) is 8.37. The van der Waals surface area contributed by atoms with E-state index in [4.69, 9.17) is 16.6 Å². The monoisotopic (exact) mass is 218 g/mol. The van der Waals surface area contributed by atoms with Gasteiger partial charge in [0, 0.05) is 6.20 Å². The van der Waals surface area contributed by atoms with Crippen LogP contribution in [0.15, 0.2) is 35.0 Å². The summed E-state index contributed by atoms with van der Waals surface area (Å²) in [7, 11) is 0. The maximum absolute atomic E-state index is 5.23. The lowest BCUT2D eigenvalue weighted by Gasteiger charge is -1.91. The molecule has 15 heavy (non-hydrogen) atoms. The predicted molar refractivity (Wildman–Crippen MR) is 55.9 cm³/mol. The molecule has 6 heteroatoms. The van der Waals surface area contributed by atoms with Crippen molar-refractivity contribution >= 4 is 17.7 Å². The smallest absolute Gasteiger partial charge is 0.284 e. The summed E-state index contributed by atoms with van der Waals surface area (Å²) in [6, 6.07) is 5.78. The number of pyridine rings is 1. The lowest BCUT2D eigenvalue weighted by Crippen LogP contribution is -1.83. The molecule has 0 unspecified atom stereocenters. The van der Waals surface area contributed by atoms with Gasteiger partial charge in [-0.3, -0.25) is 0 Å². The number of aromatic amines is 1. The molecule has 0 aliphatic rings. The van der Waals surface area contributed by atoms with Gasteiger partial charge in [0.25, 0.3) is 4.84 Å². The Hall–Kier alpha value is -1.95. The highest BCUT2D eigenvalue weighted by atomic mass is 32.1. The molecule has 0 aromatic carbocycles. The van der Waals surface area contributed by atoms with Crippen LogP contribution in [0.1, 0.15) is 0 Å². The Bertz CT molecular complexity index is 666. The standard InChI is InChI=1S/C9H6N4OS/c15-9-12-11-8(14-9)6-5-10-13-4-2-1-3-7(6)13/h1-5H,(H,12,15). The number of H-pyrrole nitrogens is 1. The summed E-state index contributed by atoms with van der Waals surface area (Å²) in [4.78, 5) is 0.264. The van der Waals surface area contributed by atoms with E-state index < -0.39 is 0 Å². The number of fused-ring (bicyclic) bond motifs is 1. The highest BCUT2D eigenvalue weighted by Crippen LogP contribution is 2.21. The predicted octanol–water partition coefficient (Wildman–Crippen LogP) is 2.05. The molecule has 0 radical (unpaired) electrons. The van der Waals surface area contributed by atoms with E-state index in [0.717, 1.165) is 11.1 Å². The highest BCUT2D eigenvalue weighted by molar-refractivity contribution is 7.71. The molecule has 0 aliphatic carbocycles. The number of rotatable bonds is 1. The molecule has 0 spiro atoms. The number of aromatic nitrogens is 4. The fourth-order valence-electron chi connectivity index (χ4n) is 1.44. The Labute approximate surface area is 89.4 Å². The molecule has 0 saturated carbocycles. The minimum Gasteiger partial charge on any atom is -0.409 e. The molecule has 1 N–H and O–H groups in total. The minimum atomic E-state index is 0.264. The molecule has 0 amide bonds. The highest BCUT2D eigenvalue weighted by Gasteiger charge is 2.10. The Kier molecular flexibility index (Phi) is 1.69. The van der Waals surface area contributed by atoms with Crippen LogP contribution in [0.3, 0.4) is 0 Å². The topological polar surface area (TPSA) is 59.1 Å². The van der Waals surface area contributed by atoms with E-state index in [-0.39, 0.29) is 4.84 Å². The zero-order valence-corrected chi connectivity index (χ0v) is 8.36. The van der Waals surface area contributed by atoms with E-state index in [1.807, 2.05) is 24.4 Å². The molecular formula is C9H6N4OS. The van der Waals surface area contributed by atoms with Crippen LogP contribution in [0.25, 0.3) is 17.0 Å². The van der Waals surface area contributed by atoms with Crippen LogP contribution in [0.4, 0.5) is 0 Å². The van der Waals surface area contributed by atoms with E-state index >= 15 is 0 Å². The molecular weight excluding hydrogens is 212 g/mol. The summed E-state index contributed by atoms with van der Waals surface area (Å²) in [6.07, 6.45) is 3.56. The van der Waals surface area contributed by atoms with Crippen molar-refractivity contribution in [2.45, 2.75) is 0 Å². The van der Waals surface area contributed by atoms with Crippen LogP contribution in [0.5, 0.6) is 0 Å². The normalized spacial score (nSPS) is 10.9. The second kappa shape index (κ2) is 3.03. The lowest BCUT2D eigenvalue weighted by atomic mass is 10.2. The van der Waals surface area contributed by atoms with Crippen molar-refractivity contribution in [3.8, 4) is 11.5 Å². The Balaban J connectivity index is 2.32. The molecule has 0 saturated heterocycles. The van der Waals surface area contributed by atoms with Crippen LogP contribution < -0.4 is 0 Å². The first-order valence-corrected chi connectivity index (χ1v) is 4.74. The average Bonchev–Trinajstić information content (AvgIpc) is 2.83. The molecule has 3 heterocycles. The largest absolute Gasteiger partial charge is 0.409 e. The summed E-state index contributed by atoms with van der Waals surface area (Å²) in [5.74, 6) is 0.459. The van der Waals surface area contributed by atoms with Crippen molar-refractivity contribution in [1.82, 2.24) is 19.8 Å². The number of hydrogen-bond donors (Lipinski definition) is 1. The molecule has 3 rings (SSSR count). The summed E-state index contributed by atoms with van der Waals surface area (Å²) in [6.45, 7) is 0. The van der Waals surface area contributed by atoms with Gasteiger partial charge in [0.05, 0.1) is 17.3 Å². The zero-order chi connectivity index (χ0) is 10.3. The van der Waals surface area contributed by atoms with Crippen molar-refractivity contribution in [3.05, 3.63) is 35.4 Å². The maximum atomic E-state index is 5.23. The fraction of sp³-hybridized carbons (Fsp3) is 0. The van der Waals surface area contributed by atoms with E-state index in [0.29, 0.717) is 5.89 Å². The van der Waals surface area contributed by atoms with Crippen LogP contribution in [-0.4, -0.2) is 19.8 Å². The van der Waals surface area contributed by atoms with Crippen LogP contribution in [-0.2, 0) is 0 Å². The third-order valence-electron chi connectivity index (χ3n) is 2.09. The molecule has 74 valence electrons. The van der Waals surface area contributed by atoms with Gasteiger partial charge in [0.1, 0.15) is 0 Å². The van der Waals surface area contributed by atoms with Gasteiger partial charge in [-0.25, -0.2) is 9.61 Å². The molecule has 0 atom stereocenters. The molecule has 0 bridgehead atoms. The lowest BCUT2D eigenvalue weighted by molar-refractivity contribution is 0.552. The van der Waals surface area contributed by atoms with Crippen molar-refractivity contribution < 1.29 is 4.42 Å². The van der Waals surface area contributed by atoms with E-state index in [1.54, 1.807) is 10.7 Å². The van der Waals surface area contributed by atoms with Crippen molar-refractivity contribution in [2.24, 2.45) is 0 Å². The minimum absolute atomic E-state index is 0.264. The zero-order valence-electron chi connectivity index (χ0n) is 7.54. The van der Waals surface area contributed by atoms with Gasteiger partial charge in [0.15, 0.2) is 0 Å². The molecule has 3 aromatic rings. The Morgan fingerprint density at radius 1 is 1.40 bits per heavy atom. The number of nitrogens with zero attached hydrogens (tertiary/aromatic N) is 3. The number of nitrogens with one attached hydrogen (secondary N) is 1. The van der Waals surface area contributed by atoms with E-state index in [1.165, 1.54) is 0 Å². The van der Waals surface area contributed by atoms with Crippen LogP contribution >= 0.6 is 12.2 Å². The summed E-state index contributed by atoms with van der Waals surface area (Å²) in [5.41, 5.74) is 1.76. The molecule has 5 nitrogen and oxygen atoms in total. The summed E-state index contributed by atoms with van der Waals surface area (Å²) < 4.78 is 6.98. The molecule has 0 fully saturated rings. The van der Waals surface area contributed by atoms with Gasteiger partial charge in [-0.05, 0) is 24.4 Å². The van der Waals surface area contributed by atoms with E-state index in [2.05, 4.69) is 15.3 Å². The van der Waals surface area contributed by atoms with Gasteiger partial charge >= 0.3 is 0 Å². The van der Waals surface area contributed by atoms with Crippen LogP contribution in [0.2, 0.25) is 0 Å². The quantitative estimate of drug-likeness (QED) is 0.635. The fourth-order valence-corrected chi connectivity index (χ4v) is 1.57. The van der Waals surface area contributed by atoms with Crippen molar-refractivity contribution in [3.63, 3.8) is 0 Å². The van der Waals surface area contributed by atoms with E-state index in [9.17, 15) is 0 Å². The second-order valence-electron chi connectivity index (χ2n) is 3.01. The summed E-state index contributed by atoms with van der Waals surface area (Å²) in [5, 5.41) is 10.7. The first-order chi connectivity index (χ1) is 7.34. The van der Waals surface area contributed by atoms with Crippen molar-refractivity contribution in [2.75, 3.05) is 0 Å². The van der Waals surface area contributed by atoms with Gasteiger partial charge < -0.3 is 4.42 Å². The Morgan fingerprint density at radius 2 is 2.33 bits per heavy atom. The first-order valence-electron chi connectivity index (χ1n) is 4.33. The Morgan fingerprint density at radius 3 is 3.13 bits per heavy atom. The molecule has 3 aromatic heterocycles. The summed E-state index contributed by atoms with van der Waals surface area (Å²) >= 11 is 4.82.